The van der Waals surface area contributed by atoms with Gasteiger partial charge in [0.25, 0.3) is 0 Å². The molecule has 19 heavy (non-hydrogen) atoms. The molecule has 1 aliphatic heterocycles. The number of halogens is 1. The zero-order chi connectivity index (χ0) is 13.2. The van der Waals surface area contributed by atoms with Crippen molar-refractivity contribution in [1.29, 1.82) is 0 Å². The average molecular weight is 317 g/mol. The molecule has 0 spiro atoms. The molecule has 0 radical (unpaired) electrons. The van der Waals surface area contributed by atoms with Crippen LogP contribution in [0.25, 0.3) is 0 Å². The Hall–Kier alpha value is -1.35. The normalized spacial score (nSPS) is 18.2. The molecule has 0 saturated carbocycles. The first-order valence-electron chi connectivity index (χ1n) is 6.64. The van der Waals surface area contributed by atoms with Crippen molar-refractivity contribution >= 4 is 21.6 Å². The Kier molecular flexibility index (Phi) is 3.56. The van der Waals surface area contributed by atoms with Crippen LogP contribution >= 0.6 is 15.9 Å². The molecule has 1 unspecified atom stereocenters. The number of hydrogen-bond donors (Lipinski definition) is 0. The summed E-state index contributed by atoms with van der Waals surface area (Å²) in [5.41, 5.74) is 4.09. The number of anilines is 1. The highest BCUT2D eigenvalue weighted by molar-refractivity contribution is 9.10. The highest BCUT2D eigenvalue weighted by atomic mass is 79.9. The Labute approximate surface area is 122 Å². The molecule has 2 aromatic rings. The third-order valence-corrected chi connectivity index (χ3v) is 4.00. The highest BCUT2D eigenvalue weighted by Gasteiger charge is 2.21. The SMILES string of the molecule is CC1Cc2ccccc2N(Cc2cncc(Br)c2)C1. The van der Waals surface area contributed by atoms with Crippen LogP contribution in [0.5, 0.6) is 0 Å². The molecule has 0 N–H and O–H groups in total. The Morgan fingerprint density at radius 2 is 2.16 bits per heavy atom. The number of aromatic nitrogens is 1. The second-order valence-corrected chi connectivity index (χ2v) is 6.25. The fourth-order valence-corrected chi connectivity index (χ4v) is 3.23. The fraction of sp³-hybridized carbons (Fsp3) is 0.312. The van der Waals surface area contributed by atoms with Crippen molar-refractivity contribution in [1.82, 2.24) is 4.98 Å². The molecule has 1 aromatic carbocycles. The van der Waals surface area contributed by atoms with Crippen LogP contribution in [0.3, 0.4) is 0 Å². The minimum Gasteiger partial charge on any atom is -0.367 e. The molecule has 0 amide bonds. The Morgan fingerprint density at radius 1 is 1.32 bits per heavy atom. The molecule has 3 heteroatoms. The van der Waals surface area contributed by atoms with Crippen LogP contribution in [0.4, 0.5) is 5.69 Å². The van der Waals surface area contributed by atoms with Crippen LogP contribution in [0, 0.1) is 5.92 Å². The maximum Gasteiger partial charge on any atom is 0.0445 e. The second-order valence-electron chi connectivity index (χ2n) is 5.33. The third kappa shape index (κ3) is 2.81. The number of hydrogen-bond acceptors (Lipinski definition) is 2. The number of benzene rings is 1. The van der Waals surface area contributed by atoms with E-state index >= 15 is 0 Å². The molecule has 1 aromatic heterocycles. The Morgan fingerprint density at radius 3 is 3.00 bits per heavy atom. The minimum absolute atomic E-state index is 0.704. The maximum atomic E-state index is 4.25. The predicted octanol–water partition coefficient (Wildman–Crippen LogP) is 4.04. The van der Waals surface area contributed by atoms with E-state index in [1.54, 1.807) is 0 Å². The molecule has 0 bridgehead atoms. The van der Waals surface area contributed by atoms with Gasteiger partial charge in [-0.15, -0.1) is 0 Å². The van der Waals surface area contributed by atoms with E-state index in [0.717, 1.165) is 17.6 Å². The largest absolute Gasteiger partial charge is 0.367 e. The number of nitrogens with zero attached hydrogens (tertiary/aromatic N) is 2. The van der Waals surface area contributed by atoms with Gasteiger partial charge in [0.1, 0.15) is 0 Å². The van der Waals surface area contributed by atoms with Gasteiger partial charge in [-0.25, -0.2) is 0 Å². The first kappa shape index (κ1) is 12.7. The molecule has 0 fully saturated rings. The number of rotatable bonds is 2. The van der Waals surface area contributed by atoms with Gasteiger partial charge in [0.05, 0.1) is 0 Å². The standard InChI is InChI=1S/C16H17BrN2/c1-12-6-14-4-2-3-5-16(14)19(10-12)11-13-7-15(17)9-18-8-13/h2-5,7-9,12H,6,10-11H2,1H3. The summed E-state index contributed by atoms with van der Waals surface area (Å²) in [7, 11) is 0. The Bertz CT molecular complexity index is 582. The van der Waals surface area contributed by atoms with E-state index in [4.69, 9.17) is 0 Å². The van der Waals surface area contributed by atoms with Gasteiger partial charge >= 0.3 is 0 Å². The lowest BCUT2D eigenvalue weighted by Gasteiger charge is -2.34. The number of pyridine rings is 1. The van der Waals surface area contributed by atoms with Crippen molar-refractivity contribution in [3.8, 4) is 0 Å². The topological polar surface area (TPSA) is 16.1 Å². The zero-order valence-electron chi connectivity index (χ0n) is 11.0. The van der Waals surface area contributed by atoms with Gasteiger partial charge in [0.15, 0.2) is 0 Å². The van der Waals surface area contributed by atoms with E-state index < -0.39 is 0 Å². The first-order valence-corrected chi connectivity index (χ1v) is 7.44. The van der Waals surface area contributed by atoms with Crippen LogP contribution in [-0.4, -0.2) is 11.5 Å². The smallest absolute Gasteiger partial charge is 0.0445 e. The lowest BCUT2D eigenvalue weighted by atomic mass is 9.93. The predicted molar refractivity (Wildman–Crippen MR) is 82.3 cm³/mol. The van der Waals surface area contributed by atoms with Gasteiger partial charge in [-0.05, 0) is 51.5 Å². The van der Waals surface area contributed by atoms with Crippen LogP contribution in [0.1, 0.15) is 18.1 Å². The van der Waals surface area contributed by atoms with E-state index in [1.807, 2.05) is 12.4 Å². The molecule has 0 saturated heterocycles. The highest BCUT2D eigenvalue weighted by Crippen LogP contribution is 2.30. The average Bonchev–Trinajstić information content (AvgIpc) is 2.38. The van der Waals surface area contributed by atoms with E-state index in [2.05, 4.69) is 63.1 Å². The maximum absolute atomic E-state index is 4.25. The molecule has 0 aliphatic carbocycles. The summed E-state index contributed by atoms with van der Waals surface area (Å²) in [5, 5.41) is 0. The van der Waals surface area contributed by atoms with Gasteiger partial charge in [-0.1, -0.05) is 25.1 Å². The monoisotopic (exact) mass is 316 g/mol. The van der Waals surface area contributed by atoms with E-state index in [0.29, 0.717) is 5.92 Å². The summed E-state index contributed by atoms with van der Waals surface area (Å²) in [5.74, 6) is 0.704. The molecule has 3 rings (SSSR count). The van der Waals surface area contributed by atoms with Gasteiger partial charge in [-0.2, -0.15) is 0 Å². The molecule has 98 valence electrons. The van der Waals surface area contributed by atoms with Crippen molar-refractivity contribution in [2.45, 2.75) is 19.9 Å². The van der Waals surface area contributed by atoms with Gasteiger partial charge in [0.2, 0.25) is 0 Å². The lowest BCUT2D eigenvalue weighted by molar-refractivity contribution is 0.530. The second kappa shape index (κ2) is 5.33. The summed E-state index contributed by atoms with van der Waals surface area (Å²) < 4.78 is 1.04. The van der Waals surface area contributed by atoms with E-state index in [-0.39, 0.29) is 0 Å². The molecule has 1 atom stereocenters. The van der Waals surface area contributed by atoms with Crippen molar-refractivity contribution in [2.75, 3.05) is 11.4 Å². The number of fused-ring (bicyclic) bond motifs is 1. The van der Waals surface area contributed by atoms with Crippen molar-refractivity contribution in [2.24, 2.45) is 5.92 Å². The van der Waals surface area contributed by atoms with Gasteiger partial charge in [-0.3, -0.25) is 4.98 Å². The molecule has 2 heterocycles. The van der Waals surface area contributed by atoms with Crippen molar-refractivity contribution in [3.05, 3.63) is 58.3 Å². The van der Waals surface area contributed by atoms with Crippen LogP contribution in [0.15, 0.2) is 47.2 Å². The summed E-state index contributed by atoms with van der Waals surface area (Å²) >= 11 is 3.49. The molecular formula is C16H17BrN2. The summed E-state index contributed by atoms with van der Waals surface area (Å²) in [6, 6.07) is 10.9. The molecule has 1 aliphatic rings. The van der Waals surface area contributed by atoms with Crippen LogP contribution in [-0.2, 0) is 13.0 Å². The van der Waals surface area contributed by atoms with Crippen molar-refractivity contribution in [3.63, 3.8) is 0 Å². The quantitative estimate of drug-likeness (QED) is 0.831. The fourth-order valence-electron chi connectivity index (χ4n) is 2.82. The zero-order valence-corrected chi connectivity index (χ0v) is 12.6. The van der Waals surface area contributed by atoms with Gasteiger partial charge < -0.3 is 4.90 Å². The van der Waals surface area contributed by atoms with E-state index in [9.17, 15) is 0 Å². The minimum atomic E-state index is 0.704. The van der Waals surface area contributed by atoms with E-state index in [1.165, 1.54) is 23.2 Å². The summed E-state index contributed by atoms with van der Waals surface area (Å²) in [4.78, 5) is 6.72. The summed E-state index contributed by atoms with van der Waals surface area (Å²) in [6.07, 6.45) is 4.96. The lowest BCUT2D eigenvalue weighted by Crippen LogP contribution is -2.33. The first-order chi connectivity index (χ1) is 9.22. The molecular weight excluding hydrogens is 300 g/mol. The molecule has 2 nitrogen and oxygen atoms in total. The van der Waals surface area contributed by atoms with Crippen LogP contribution in [0.2, 0.25) is 0 Å². The number of para-hydroxylation sites is 1. The Balaban J connectivity index is 1.89. The third-order valence-electron chi connectivity index (χ3n) is 3.57. The van der Waals surface area contributed by atoms with Crippen LogP contribution < -0.4 is 4.90 Å². The van der Waals surface area contributed by atoms with Gasteiger partial charge in [0, 0.05) is 35.6 Å². The summed E-state index contributed by atoms with van der Waals surface area (Å²) in [6.45, 7) is 4.36. The van der Waals surface area contributed by atoms with Crippen molar-refractivity contribution < 1.29 is 0 Å².